The predicted molar refractivity (Wildman–Crippen MR) is 97.5 cm³/mol. The van der Waals surface area contributed by atoms with Gasteiger partial charge in [0.05, 0.1) is 16.8 Å². The Kier molecular flexibility index (Phi) is 4.54. The fraction of sp³-hybridized carbons (Fsp3) is 0.333. The molecule has 1 aromatic heterocycles. The van der Waals surface area contributed by atoms with Gasteiger partial charge in [-0.15, -0.1) is 0 Å². The number of hydrazine groups is 1. The van der Waals surface area contributed by atoms with Crippen molar-refractivity contribution in [1.29, 1.82) is 0 Å². The lowest BCUT2D eigenvalue weighted by Gasteiger charge is -2.32. The van der Waals surface area contributed by atoms with Crippen LogP contribution >= 0.6 is 0 Å². The minimum Gasteiger partial charge on any atom is -0.398 e. The van der Waals surface area contributed by atoms with Gasteiger partial charge in [0, 0.05) is 5.56 Å². The number of anilines is 1. The Balaban J connectivity index is 1.68. The molecule has 0 spiro atoms. The van der Waals surface area contributed by atoms with E-state index in [1.807, 2.05) is 58.0 Å². The van der Waals surface area contributed by atoms with Crippen LogP contribution in [0, 0.1) is 0 Å². The van der Waals surface area contributed by atoms with Crippen LogP contribution in [0.15, 0.2) is 48.5 Å². The van der Waals surface area contributed by atoms with Crippen molar-refractivity contribution < 1.29 is 14.1 Å². The van der Waals surface area contributed by atoms with Gasteiger partial charge in [-0.2, -0.15) is 0 Å². The standard InChI is InChI=1S/C18H22BN3O3/c1-17(2)18(3,4)25-19(24-17)14-11-8-12-15(20-14)21-22-16(23)13-9-6-5-7-10-13/h5-12H,1-4H3,(H,20,21)(H,22,23). The molecule has 7 heteroatoms. The summed E-state index contributed by atoms with van der Waals surface area (Å²) in [6, 6.07) is 14.4. The minimum atomic E-state index is -0.545. The molecule has 1 amide bonds. The van der Waals surface area contributed by atoms with E-state index in [0.717, 1.165) is 0 Å². The zero-order chi connectivity index (χ0) is 18.1. The molecule has 1 fully saturated rings. The van der Waals surface area contributed by atoms with Crippen molar-refractivity contribution in [3.05, 3.63) is 54.1 Å². The number of nitrogens with one attached hydrogen (secondary N) is 2. The third-order valence-corrected chi connectivity index (χ3v) is 4.61. The normalized spacial score (nSPS) is 18.0. The molecule has 2 N–H and O–H groups in total. The topological polar surface area (TPSA) is 72.5 Å². The fourth-order valence-electron chi connectivity index (χ4n) is 2.40. The van der Waals surface area contributed by atoms with Crippen LogP contribution in [0.1, 0.15) is 38.1 Å². The third kappa shape index (κ3) is 3.67. The van der Waals surface area contributed by atoms with Crippen LogP contribution in [-0.2, 0) is 9.31 Å². The number of hydrogen-bond acceptors (Lipinski definition) is 5. The van der Waals surface area contributed by atoms with Crippen molar-refractivity contribution >= 4 is 24.4 Å². The van der Waals surface area contributed by atoms with Crippen LogP contribution < -0.4 is 16.4 Å². The van der Waals surface area contributed by atoms with Crippen LogP contribution in [0.5, 0.6) is 0 Å². The molecule has 3 rings (SSSR count). The van der Waals surface area contributed by atoms with E-state index >= 15 is 0 Å². The van der Waals surface area contributed by atoms with Gasteiger partial charge in [-0.3, -0.25) is 15.6 Å². The lowest BCUT2D eigenvalue weighted by atomic mass is 9.84. The molecule has 6 nitrogen and oxygen atoms in total. The van der Waals surface area contributed by atoms with Gasteiger partial charge in [0.25, 0.3) is 5.91 Å². The summed E-state index contributed by atoms with van der Waals surface area (Å²) in [6.45, 7) is 7.98. The van der Waals surface area contributed by atoms with Crippen molar-refractivity contribution in [2.75, 3.05) is 5.43 Å². The molecule has 1 aliphatic heterocycles. The molecule has 0 aliphatic carbocycles. The molecule has 25 heavy (non-hydrogen) atoms. The first-order valence-electron chi connectivity index (χ1n) is 8.22. The zero-order valence-corrected chi connectivity index (χ0v) is 14.9. The van der Waals surface area contributed by atoms with E-state index in [1.54, 1.807) is 18.2 Å². The van der Waals surface area contributed by atoms with Gasteiger partial charge in [0.15, 0.2) is 0 Å². The number of benzene rings is 1. The van der Waals surface area contributed by atoms with E-state index in [0.29, 0.717) is 17.0 Å². The predicted octanol–water partition coefficient (Wildman–Crippen LogP) is 2.14. The number of nitrogens with zero attached hydrogens (tertiary/aromatic N) is 1. The molecule has 2 aromatic rings. The first-order valence-corrected chi connectivity index (χ1v) is 8.22. The highest BCUT2D eigenvalue weighted by Crippen LogP contribution is 2.36. The SMILES string of the molecule is CC1(C)OB(c2cccc(NNC(=O)c3ccccc3)n2)OC1(C)C. The number of pyridine rings is 1. The van der Waals surface area contributed by atoms with Gasteiger partial charge in [0.2, 0.25) is 0 Å². The summed E-state index contributed by atoms with van der Waals surface area (Å²) >= 11 is 0. The number of carbonyl (C=O) groups excluding carboxylic acids is 1. The van der Waals surface area contributed by atoms with E-state index < -0.39 is 18.3 Å². The molecule has 0 radical (unpaired) electrons. The molecule has 0 atom stereocenters. The maximum atomic E-state index is 12.1. The Hall–Kier alpha value is -2.38. The summed E-state index contributed by atoms with van der Waals surface area (Å²) in [7, 11) is -0.545. The number of hydrogen-bond donors (Lipinski definition) is 2. The summed E-state index contributed by atoms with van der Waals surface area (Å²) in [5.74, 6) is 0.278. The second-order valence-corrected chi connectivity index (χ2v) is 6.98. The van der Waals surface area contributed by atoms with Crippen molar-refractivity contribution in [2.45, 2.75) is 38.9 Å². The molecular formula is C18H22BN3O3. The number of rotatable bonds is 4. The Bertz CT molecular complexity index is 749. The van der Waals surface area contributed by atoms with E-state index in [4.69, 9.17) is 9.31 Å². The Morgan fingerprint density at radius 3 is 2.24 bits per heavy atom. The number of amides is 1. The Morgan fingerprint density at radius 1 is 0.960 bits per heavy atom. The Morgan fingerprint density at radius 2 is 1.60 bits per heavy atom. The molecule has 1 saturated heterocycles. The van der Waals surface area contributed by atoms with Crippen LogP contribution in [-0.4, -0.2) is 29.2 Å². The van der Waals surface area contributed by atoms with Gasteiger partial charge in [0.1, 0.15) is 5.82 Å². The first kappa shape index (κ1) is 17.4. The second kappa shape index (κ2) is 6.50. The van der Waals surface area contributed by atoms with Gasteiger partial charge >= 0.3 is 7.12 Å². The summed E-state index contributed by atoms with van der Waals surface area (Å²) in [5, 5.41) is 0. The highest BCUT2D eigenvalue weighted by atomic mass is 16.7. The average molecular weight is 339 g/mol. The molecule has 1 aliphatic rings. The molecule has 2 heterocycles. The highest BCUT2D eigenvalue weighted by molar-refractivity contribution is 6.61. The van der Waals surface area contributed by atoms with Crippen molar-refractivity contribution in [3.8, 4) is 0 Å². The zero-order valence-electron chi connectivity index (χ0n) is 14.9. The van der Waals surface area contributed by atoms with E-state index in [9.17, 15) is 4.79 Å². The summed E-state index contributed by atoms with van der Waals surface area (Å²) in [4.78, 5) is 16.6. The molecule has 1 aromatic carbocycles. The first-order chi connectivity index (χ1) is 11.8. The molecule has 130 valence electrons. The molecular weight excluding hydrogens is 317 g/mol. The Labute approximate surface area is 148 Å². The number of aromatic nitrogens is 1. The second-order valence-electron chi connectivity index (χ2n) is 6.98. The highest BCUT2D eigenvalue weighted by Gasteiger charge is 2.52. The van der Waals surface area contributed by atoms with Crippen LogP contribution in [0.25, 0.3) is 0 Å². The summed E-state index contributed by atoms with van der Waals surface area (Å²) < 4.78 is 12.0. The molecule has 0 bridgehead atoms. The van der Waals surface area contributed by atoms with Crippen LogP contribution in [0.3, 0.4) is 0 Å². The van der Waals surface area contributed by atoms with Crippen molar-refractivity contribution in [3.63, 3.8) is 0 Å². The lowest BCUT2D eigenvalue weighted by Crippen LogP contribution is -2.41. The summed E-state index contributed by atoms with van der Waals surface area (Å²) in [6.07, 6.45) is 0. The largest absolute Gasteiger partial charge is 0.514 e. The van der Waals surface area contributed by atoms with Crippen molar-refractivity contribution in [1.82, 2.24) is 10.4 Å². The van der Waals surface area contributed by atoms with Gasteiger partial charge in [-0.05, 0) is 52.0 Å². The fourth-order valence-corrected chi connectivity index (χ4v) is 2.40. The summed E-state index contributed by atoms with van der Waals surface area (Å²) in [5.41, 5.74) is 5.82. The number of carbonyl (C=O) groups is 1. The molecule has 0 unspecified atom stereocenters. The lowest BCUT2D eigenvalue weighted by molar-refractivity contribution is 0.00578. The van der Waals surface area contributed by atoms with Crippen LogP contribution in [0.4, 0.5) is 5.82 Å². The minimum absolute atomic E-state index is 0.233. The van der Waals surface area contributed by atoms with E-state index in [-0.39, 0.29) is 5.91 Å². The monoisotopic (exact) mass is 339 g/mol. The maximum absolute atomic E-state index is 12.1. The maximum Gasteiger partial charge on any atom is 0.514 e. The van der Waals surface area contributed by atoms with Crippen molar-refractivity contribution in [2.24, 2.45) is 0 Å². The average Bonchev–Trinajstić information content (AvgIpc) is 2.81. The van der Waals surface area contributed by atoms with Gasteiger partial charge in [-0.25, -0.2) is 4.98 Å². The van der Waals surface area contributed by atoms with E-state index in [2.05, 4.69) is 15.8 Å². The quantitative estimate of drug-likeness (QED) is 0.660. The van der Waals surface area contributed by atoms with E-state index in [1.165, 1.54) is 0 Å². The van der Waals surface area contributed by atoms with Gasteiger partial charge < -0.3 is 9.31 Å². The smallest absolute Gasteiger partial charge is 0.398 e. The molecule has 0 saturated carbocycles. The van der Waals surface area contributed by atoms with Crippen LogP contribution in [0.2, 0.25) is 0 Å². The van der Waals surface area contributed by atoms with Gasteiger partial charge in [-0.1, -0.05) is 24.3 Å². The third-order valence-electron chi connectivity index (χ3n) is 4.61.